The molecule has 1 aromatic carbocycles. The van der Waals surface area contributed by atoms with Crippen LogP contribution in [0.15, 0.2) is 30.5 Å². The highest BCUT2D eigenvalue weighted by atomic mass is 15.2. The second kappa shape index (κ2) is 4.91. The summed E-state index contributed by atoms with van der Waals surface area (Å²) in [6.45, 7) is 2.90. The highest BCUT2D eigenvalue weighted by Crippen LogP contribution is 2.19. The van der Waals surface area contributed by atoms with Crippen LogP contribution in [-0.2, 0) is 13.5 Å². The van der Waals surface area contributed by atoms with Crippen LogP contribution in [0.25, 0.3) is 0 Å². The molecule has 0 aliphatic rings. The molecule has 1 heterocycles. The molecule has 90 valence electrons. The lowest BCUT2D eigenvalue weighted by molar-refractivity contribution is 0.742. The Morgan fingerprint density at radius 2 is 2.18 bits per heavy atom. The van der Waals surface area contributed by atoms with Crippen LogP contribution in [0.2, 0.25) is 0 Å². The van der Waals surface area contributed by atoms with Gasteiger partial charge in [-0.1, -0.05) is 6.07 Å². The average Bonchev–Trinajstić information content (AvgIpc) is 2.69. The zero-order chi connectivity index (χ0) is 12.3. The first-order chi connectivity index (χ1) is 8.15. The molecule has 3 N–H and O–H groups in total. The number of nitrogens with two attached hydrogens (primary N) is 1. The minimum atomic E-state index is 0.789. The second-order valence-corrected chi connectivity index (χ2v) is 4.25. The van der Waals surface area contributed by atoms with Crippen molar-refractivity contribution in [3.05, 3.63) is 41.7 Å². The van der Waals surface area contributed by atoms with Gasteiger partial charge in [0.05, 0.1) is 17.1 Å². The van der Waals surface area contributed by atoms with E-state index >= 15 is 0 Å². The SMILES string of the molecule is Cc1ccc(N)c(NCCc2ccn(C)n2)c1. The minimum absolute atomic E-state index is 0.789. The lowest BCUT2D eigenvalue weighted by Gasteiger charge is -2.09. The first-order valence-corrected chi connectivity index (χ1v) is 5.73. The molecule has 0 amide bonds. The van der Waals surface area contributed by atoms with Crippen LogP contribution in [0.3, 0.4) is 0 Å². The fraction of sp³-hybridized carbons (Fsp3) is 0.308. The van der Waals surface area contributed by atoms with Crippen molar-refractivity contribution >= 4 is 11.4 Å². The second-order valence-electron chi connectivity index (χ2n) is 4.25. The first kappa shape index (κ1) is 11.5. The van der Waals surface area contributed by atoms with Gasteiger partial charge in [-0.25, -0.2) is 0 Å². The quantitative estimate of drug-likeness (QED) is 0.789. The number of aromatic nitrogens is 2. The number of nitrogens with zero attached hydrogens (tertiary/aromatic N) is 2. The van der Waals surface area contributed by atoms with E-state index < -0.39 is 0 Å². The summed E-state index contributed by atoms with van der Waals surface area (Å²) in [7, 11) is 1.93. The normalized spacial score (nSPS) is 10.5. The number of hydrogen-bond acceptors (Lipinski definition) is 3. The molecule has 17 heavy (non-hydrogen) atoms. The summed E-state index contributed by atoms with van der Waals surface area (Å²) < 4.78 is 1.82. The first-order valence-electron chi connectivity index (χ1n) is 5.73. The monoisotopic (exact) mass is 230 g/mol. The highest BCUT2D eigenvalue weighted by Gasteiger charge is 2.00. The van der Waals surface area contributed by atoms with E-state index in [0.717, 1.165) is 30.0 Å². The Morgan fingerprint density at radius 1 is 1.35 bits per heavy atom. The van der Waals surface area contributed by atoms with Crippen LogP contribution in [0, 0.1) is 6.92 Å². The van der Waals surface area contributed by atoms with Crippen LogP contribution in [-0.4, -0.2) is 16.3 Å². The van der Waals surface area contributed by atoms with Crippen LogP contribution in [0.5, 0.6) is 0 Å². The van der Waals surface area contributed by atoms with Gasteiger partial charge in [0, 0.05) is 26.2 Å². The van der Waals surface area contributed by atoms with Gasteiger partial charge < -0.3 is 11.1 Å². The molecule has 0 aliphatic heterocycles. The summed E-state index contributed by atoms with van der Waals surface area (Å²) in [6.07, 6.45) is 2.85. The maximum absolute atomic E-state index is 5.89. The maximum atomic E-state index is 5.89. The molecule has 0 fully saturated rings. The van der Waals surface area contributed by atoms with Crippen molar-refractivity contribution < 1.29 is 0 Å². The topological polar surface area (TPSA) is 55.9 Å². The molecular weight excluding hydrogens is 212 g/mol. The van der Waals surface area contributed by atoms with Gasteiger partial charge in [-0.15, -0.1) is 0 Å². The van der Waals surface area contributed by atoms with Gasteiger partial charge in [-0.2, -0.15) is 5.10 Å². The highest BCUT2D eigenvalue weighted by molar-refractivity contribution is 5.66. The van der Waals surface area contributed by atoms with Crippen LogP contribution >= 0.6 is 0 Å². The zero-order valence-electron chi connectivity index (χ0n) is 10.3. The van der Waals surface area contributed by atoms with Crippen molar-refractivity contribution in [1.82, 2.24) is 9.78 Å². The van der Waals surface area contributed by atoms with Crippen molar-refractivity contribution in [2.24, 2.45) is 7.05 Å². The molecule has 0 radical (unpaired) electrons. The average molecular weight is 230 g/mol. The number of nitrogen functional groups attached to an aromatic ring is 1. The van der Waals surface area contributed by atoms with Gasteiger partial charge in [-0.3, -0.25) is 4.68 Å². The van der Waals surface area contributed by atoms with E-state index in [2.05, 4.69) is 23.4 Å². The number of nitrogens with one attached hydrogen (secondary N) is 1. The third-order valence-electron chi connectivity index (χ3n) is 2.67. The van der Waals surface area contributed by atoms with Gasteiger partial charge in [0.15, 0.2) is 0 Å². The van der Waals surface area contributed by atoms with Crippen molar-refractivity contribution in [2.75, 3.05) is 17.6 Å². The Labute approximate surface area is 101 Å². The van der Waals surface area contributed by atoms with E-state index in [1.165, 1.54) is 5.56 Å². The molecule has 0 unspecified atom stereocenters. The lowest BCUT2D eigenvalue weighted by atomic mass is 10.2. The smallest absolute Gasteiger partial charge is 0.0642 e. The largest absolute Gasteiger partial charge is 0.397 e. The molecule has 0 saturated heterocycles. The van der Waals surface area contributed by atoms with E-state index in [4.69, 9.17) is 5.73 Å². The van der Waals surface area contributed by atoms with Crippen LogP contribution in [0.1, 0.15) is 11.3 Å². The van der Waals surface area contributed by atoms with Crippen molar-refractivity contribution in [2.45, 2.75) is 13.3 Å². The molecule has 4 heteroatoms. The summed E-state index contributed by atoms with van der Waals surface area (Å²) in [5.41, 5.74) is 9.98. The number of aryl methyl sites for hydroxylation is 2. The summed E-state index contributed by atoms with van der Waals surface area (Å²) in [5, 5.41) is 7.66. The Kier molecular flexibility index (Phi) is 3.32. The van der Waals surface area contributed by atoms with E-state index in [0.29, 0.717) is 0 Å². The third-order valence-corrected chi connectivity index (χ3v) is 2.67. The lowest BCUT2D eigenvalue weighted by Crippen LogP contribution is -2.07. The zero-order valence-corrected chi connectivity index (χ0v) is 10.3. The van der Waals surface area contributed by atoms with E-state index in [1.807, 2.05) is 36.1 Å². The predicted octanol–water partition coefficient (Wildman–Crippen LogP) is 1.97. The minimum Gasteiger partial charge on any atom is -0.397 e. The van der Waals surface area contributed by atoms with Crippen molar-refractivity contribution in [1.29, 1.82) is 0 Å². The number of anilines is 2. The fourth-order valence-electron chi connectivity index (χ4n) is 1.74. The summed E-state index contributed by atoms with van der Waals surface area (Å²) >= 11 is 0. The Morgan fingerprint density at radius 3 is 2.88 bits per heavy atom. The van der Waals surface area contributed by atoms with Gasteiger partial charge in [0.25, 0.3) is 0 Å². The standard InChI is InChI=1S/C13H18N4/c1-10-3-4-12(14)13(9-10)15-7-5-11-6-8-17(2)16-11/h3-4,6,8-9,15H,5,7,14H2,1-2H3. The van der Waals surface area contributed by atoms with E-state index in [9.17, 15) is 0 Å². The molecule has 0 saturated carbocycles. The maximum Gasteiger partial charge on any atom is 0.0642 e. The van der Waals surface area contributed by atoms with Gasteiger partial charge >= 0.3 is 0 Å². The van der Waals surface area contributed by atoms with Gasteiger partial charge in [0.2, 0.25) is 0 Å². The molecular formula is C13H18N4. The van der Waals surface area contributed by atoms with Crippen LogP contribution < -0.4 is 11.1 Å². The molecule has 1 aromatic heterocycles. The number of rotatable bonds is 4. The summed E-state index contributed by atoms with van der Waals surface area (Å²) in [4.78, 5) is 0. The molecule has 2 rings (SSSR count). The molecule has 0 spiro atoms. The van der Waals surface area contributed by atoms with Gasteiger partial charge in [0.1, 0.15) is 0 Å². The fourth-order valence-corrected chi connectivity index (χ4v) is 1.74. The number of benzene rings is 1. The number of hydrogen-bond donors (Lipinski definition) is 2. The van der Waals surface area contributed by atoms with Gasteiger partial charge in [-0.05, 0) is 30.7 Å². The molecule has 2 aromatic rings. The van der Waals surface area contributed by atoms with Crippen molar-refractivity contribution in [3.8, 4) is 0 Å². The summed E-state index contributed by atoms with van der Waals surface area (Å²) in [5.74, 6) is 0. The molecule has 0 bridgehead atoms. The van der Waals surface area contributed by atoms with Crippen molar-refractivity contribution in [3.63, 3.8) is 0 Å². The Bertz CT molecular complexity index is 502. The Balaban J connectivity index is 1.91. The predicted molar refractivity (Wildman–Crippen MR) is 71.0 cm³/mol. The summed E-state index contributed by atoms with van der Waals surface area (Å²) in [6, 6.07) is 8.03. The van der Waals surface area contributed by atoms with E-state index in [-0.39, 0.29) is 0 Å². The third kappa shape index (κ3) is 3.00. The molecule has 0 atom stereocenters. The van der Waals surface area contributed by atoms with Crippen LogP contribution in [0.4, 0.5) is 11.4 Å². The Hall–Kier alpha value is -1.97. The molecule has 4 nitrogen and oxygen atoms in total. The van der Waals surface area contributed by atoms with E-state index in [1.54, 1.807) is 0 Å². The molecule has 0 aliphatic carbocycles.